The molecule has 1 atom stereocenters. The molecule has 1 fully saturated rings. The van der Waals surface area contributed by atoms with E-state index in [4.69, 9.17) is 5.11 Å². The molecule has 1 saturated heterocycles. The maximum absolute atomic E-state index is 12.2. The molecule has 1 rings (SSSR count). The minimum absolute atomic E-state index is 0.0594. The summed E-state index contributed by atoms with van der Waals surface area (Å²) in [5, 5.41) is 14.0. The lowest BCUT2D eigenvalue weighted by molar-refractivity contribution is -0.132. The lowest BCUT2D eigenvalue weighted by Gasteiger charge is -2.29. The average Bonchev–Trinajstić information content (AvgIpc) is 2.88. The van der Waals surface area contributed by atoms with Gasteiger partial charge in [-0.2, -0.15) is 0 Å². The van der Waals surface area contributed by atoms with E-state index < -0.39 is 0 Å². The maximum Gasteiger partial charge on any atom is 0.246 e. The van der Waals surface area contributed by atoms with Gasteiger partial charge in [0.15, 0.2) is 0 Å². The molecule has 0 aromatic heterocycles. The number of hydrogen-bond acceptors (Lipinski definition) is 5. The van der Waals surface area contributed by atoms with Crippen molar-refractivity contribution in [1.82, 2.24) is 20.4 Å². The topological polar surface area (TPSA) is 102 Å². The van der Waals surface area contributed by atoms with E-state index in [1.807, 2.05) is 13.8 Å². The summed E-state index contributed by atoms with van der Waals surface area (Å²) in [6.45, 7) is 17.9. The van der Waals surface area contributed by atoms with Gasteiger partial charge in [-0.25, -0.2) is 0 Å². The summed E-state index contributed by atoms with van der Waals surface area (Å²) < 4.78 is 0. The van der Waals surface area contributed by atoms with Crippen LogP contribution >= 0.6 is 0 Å². The van der Waals surface area contributed by atoms with Crippen LogP contribution in [0.5, 0.6) is 0 Å². The minimum atomic E-state index is -0.226. The monoisotopic (exact) mass is 526 g/mol. The second kappa shape index (κ2) is 24.4. The number of likely N-dealkylation sites (tertiary alicyclic amines) is 1. The molecule has 0 radical (unpaired) electrons. The van der Waals surface area contributed by atoms with E-state index in [9.17, 15) is 14.4 Å². The number of piperidine rings is 1. The van der Waals surface area contributed by atoms with Crippen LogP contribution < -0.4 is 10.6 Å². The van der Waals surface area contributed by atoms with Gasteiger partial charge < -0.3 is 25.5 Å². The van der Waals surface area contributed by atoms with E-state index in [1.165, 1.54) is 38.8 Å². The number of amides is 3. The highest BCUT2D eigenvalue weighted by Crippen LogP contribution is 2.14. The summed E-state index contributed by atoms with van der Waals surface area (Å²) in [5.74, 6) is -0.217. The Balaban J connectivity index is 0. The number of nitrogens with zero attached hydrogens (tertiary/aromatic N) is 2. The zero-order valence-electron chi connectivity index (χ0n) is 25.1. The van der Waals surface area contributed by atoms with Crippen LogP contribution in [-0.4, -0.2) is 85.0 Å². The fourth-order valence-corrected chi connectivity index (χ4v) is 3.87. The number of carbonyl (C=O) groups excluding carboxylic acids is 3. The molecule has 1 aliphatic rings. The summed E-state index contributed by atoms with van der Waals surface area (Å²) in [5.41, 5.74) is 0.567. The average molecular weight is 527 g/mol. The lowest BCUT2D eigenvalue weighted by atomic mass is 9.99. The van der Waals surface area contributed by atoms with Gasteiger partial charge in [0, 0.05) is 31.8 Å². The SMILES string of the molecule is C/C(=C\[C@H](C(C)C)N(C)C(=O)CNC=O)C(=O)NCCCCCCO.CC(C)N1CCCCC1.CCC. The first-order valence-electron chi connectivity index (χ1n) is 14.3. The Morgan fingerprint density at radius 3 is 2.03 bits per heavy atom. The van der Waals surface area contributed by atoms with E-state index >= 15 is 0 Å². The number of aliphatic hydroxyl groups is 1. The third kappa shape index (κ3) is 19.8. The highest BCUT2D eigenvalue weighted by molar-refractivity contribution is 5.93. The summed E-state index contributed by atoms with van der Waals surface area (Å²) in [6.07, 6.45) is 11.4. The summed E-state index contributed by atoms with van der Waals surface area (Å²) in [7, 11) is 1.67. The Labute approximate surface area is 227 Å². The molecule has 0 spiro atoms. The normalized spacial score (nSPS) is 14.6. The van der Waals surface area contributed by atoms with Gasteiger partial charge in [0.1, 0.15) is 0 Å². The molecule has 0 aromatic carbocycles. The van der Waals surface area contributed by atoms with Crippen molar-refractivity contribution >= 4 is 18.2 Å². The predicted molar refractivity (Wildman–Crippen MR) is 154 cm³/mol. The van der Waals surface area contributed by atoms with Crippen LogP contribution in [0.4, 0.5) is 0 Å². The second-order valence-corrected chi connectivity index (χ2v) is 10.4. The Morgan fingerprint density at radius 2 is 1.57 bits per heavy atom. The van der Waals surface area contributed by atoms with Crippen LogP contribution in [0.2, 0.25) is 0 Å². The zero-order chi connectivity index (χ0) is 28.6. The molecule has 0 aromatic rings. The maximum atomic E-state index is 12.2. The van der Waals surface area contributed by atoms with Crippen molar-refractivity contribution in [1.29, 1.82) is 0 Å². The molecule has 0 unspecified atom stereocenters. The number of rotatable bonds is 14. The minimum Gasteiger partial charge on any atom is -0.396 e. The van der Waals surface area contributed by atoms with Crippen LogP contribution in [0.25, 0.3) is 0 Å². The van der Waals surface area contributed by atoms with E-state index in [0.29, 0.717) is 18.5 Å². The Bertz CT molecular complexity index is 617. The number of hydrogen-bond donors (Lipinski definition) is 3. The zero-order valence-corrected chi connectivity index (χ0v) is 25.1. The number of unbranched alkanes of at least 4 members (excludes halogenated alkanes) is 3. The molecule has 0 saturated carbocycles. The molecule has 0 aliphatic carbocycles. The third-order valence-electron chi connectivity index (χ3n) is 6.13. The van der Waals surface area contributed by atoms with Crippen molar-refractivity contribution in [2.24, 2.45) is 5.92 Å². The molecular formula is C29H58N4O4. The van der Waals surface area contributed by atoms with Crippen LogP contribution in [-0.2, 0) is 14.4 Å². The number of nitrogens with one attached hydrogen (secondary N) is 2. The molecule has 1 heterocycles. The lowest BCUT2D eigenvalue weighted by Crippen LogP contribution is -2.43. The van der Waals surface area contributed by atoms with E-state index in [-0.39, 0.29) is 36.9 Å². The Morgan fingerprint density at radius 1 is 1.00 bits per heavy atom. The number of carbonyl (C=O) groups is 3. The van der Waals surface area contributed by atoms with Gasteiger partial charge in [0.2, 0.25) is 18.2 Å². The highest BCUT2D eigenvalue weighted by atomic mass is 16.3. The fraction of sp³-hybridized carbons (Fsp3) is 0.828. The van der Waals surface area contributed by atoms with Gasteiger partial charge >= 0.3 is 0 Å². The van der Waals surface area contributed by atoms with Crippen molar-refractivity contribution in [2.75, 3.05) is 39.8 Å². The van der Waals surface area contributed by atoms with Crippen molar-refractivity contribution < 1.29 is 19.5 Å². The first-order valence-corrected chi connectivity index (χ1v) is 14.3. The fourth-order valence-electron chi connectivity index (χ4n) is 3.87. The smallest absolute Gasteiger partial charge is 0.246 e. The second-order valence-electron chi connectivity index (χ2n) is 10.4. The van der Waals surface area contributed by atoms with Crippen molar-refractivity contribution in [3.8, 4) is 0 Å². The molecule has 3 amide bonds. The van der Waals surface area contributed by atoms with Gasteiger partial charge in [-0.05, 0) is 65.5 Å². The standard InChI is InChI=1S/C18H33N3O4.C8H17N.C3H8/c1-14(2)16(21(4)17(24)12-19-13-23)11-15(3)18(25)20-9-7-5-6-8-10-22;1-8(2)9-6-4-3-5-7-9;1-3-2/h11,13-14,16,22H,5-10,12H2,1-4H3,(H,19,23)(H,20,25);8H,3-7H2,1-2H3;3H2,1-2H3/b15-11+;;/t16-;;/m1../s1. The van der Waals surface area contributed by atoms with Gasteiger partial charge in [0.25, 0.3) is 0 Å². The van der Waals surface area contributed by atoms with E-state index in [2.05, 4.69) is 43.2 Å². The molecule has 0 bridgehead atoms. The van der Waals surface area contributed by atoms with Crippen LogP contribution in [0, 0.1) is 5.92 Å². The van der Waals surface area contributed by atoms with Crippen LogP contribution in [0.15, 0.2) is 11.6 Å². The first-order chi connectivity index (χ1) is 17.6. The quantitative estimate of drug-likeness (QED) is 0.179. The Kier molecular flexibility index (Phi) is 24.6. The predicted octanol–water partition coefficient (Wildman–Crippen LogP) is 4.13. The number of likely N-dealkylation sites (N-methyl/N-ethyl adjacent to an activating group) is 1. The van der Waals surface area contributed by atoms with Gasteiger partial charge in [-0.1, -0.05) is 59.5 Å². The van der Waals surface area contributed by atoms with E-state index in [0.717, 1.165) is 31.7 Å². The third-order valence-corrected chi connectivity index (χ3v) is 6.13. The van der Waals surface area contributed by atoms with Crippen molar-refractivity contribution in [2.45, 2.75) is 112 Å². The first kappa shape index (κ1) is 37.2. The molecule has 218 valence electrons. The van der Waals surface area contributed by atoms with Gasteiger partial charge in [-0.3, -0.25) is 14.4 Å². The molecular weight excluding hydrogens is 468 g/mol. The van der Waals surface area contributed by atoms with Gasteiger partial charge in [0.05, 0.1) is 12.6 Å². The molecule has 8 nitrogen and oxygen atoms in total. The van der Waals surface area contributed by atoms with Crippen molar-refractivity contribution in [3.05, 3.63) is 11.6 Å². The highest BCUT2D eigenvalue weighted by Gasteiger charge is 2.22. The molecule has 3 N–H and O–H groups in total. The largest absolute Gasteiger partial charge is 0.396 e. The summed E-state index contributed by atoms with van der Waals surface area (Å²) >= 11 is 0. The molecule has 1 aliphatic heterocycles. The molecule has 8 heteroatoms. The van der Waals surface area contributed by atoms with E-state index in [1.54, 1.807) is 24.9 Å². The Hall–Kier alpha value is -1.93. The van der Waals surface area contributed by atoms with Gasteiger partial charge in [-0.15, -0.1) is 0 Å². The molecule has 37 heavy (non-hydrogen) atoms. The van der Waals surface area contributed by atoms with Crippen LogP contribution in [0.1, 0.15) is 99.8 Å². The summed E-state index contributed by atoms with van der Waals surface area (Å²) in [4.78, 5) is 38.7. The number of aliphatic hydroxyl groups excluding tert-OH is 1. The van der Waals surface area contributed by atoms with Crippen molar-refractivity contribution in [3.63, 3.8) is 0 Å². The van der Waals surface area contributed by atoms with Crippen LogP contribution in [0.3, 0.4) is 0 Å². The summed E-state index contributed by atoms with van der Waals surface area (Å²) in [6, 6.07) is 0.543.